The fourth-order valence-electron chi connectivity index (χ4n) is 7.88. The molecule has 5 heterocycles. The van der Waals surface area contributed by atoms with Crippen LogP contribution in [0.4, 0.5) is 5.82 Å². The number of hydrogen-bond donors (Lipinski definition) is 0. The number of nitrogens with zero attached hydrogens (tertiary/aromatic N) is 8. The van der Waals surface area contributed by atoms with Crippen LogP contribution in [0.3, 0.4) is 0 Å². The van der Waals surface area contributed by atoms with Gasteiger partial charge in [-0.3, -0.25) is 14.7 Å². The van der Waals surface area contributed by atoms with E-state index in [0.29, 0.717) is 25.5 Å². The third kappa shape index (κ3) is 5.34. The molecule has 1 saturated heterocycles. The van der Waals surface area contributed by atoms with Gasteiger partial charge in [0.1, 0.15) is 12.1 Å². The lowest BCUT2D eigenvalue weighted by Gasteiger charge is -2.50. The van der Waals surface area contributed by atoms with Gasteiger partial charge in [0.25, 0.3) is 0 Å². The number of hydrogen-bond acceptors (Lipinski definition) is 9. The van der Waals surface area contributed by atoms with Crippen molar-refractivity contribution < 1.29 is 14.3 Å². The molecule has 4 aromatic rings. The highest BCUT2D eigenvalue weighted by Crippen LogP contribution is 2.49. The fraction of sp³-hybridized carbons (Fsp3) is 0.514. The van der Waals surface area contributed by atoms with Crippen LogP contribution < -0.4 is 14.4 Å². The van der Waals surface area contributed by atoms with Crippen LogP contribution in [0.2, 0.25) is 0 Å². The fourth-order valence-corrected chi connectivity index (χ4v) is 7.88. The molecule has 11 nitrogen and oxygen atoms in total. The quantitative estimate of drug-likeness (QED) is 0.301. The number of pyridine rings is 1. The van der Waals surface area contributed by atoms with Gasteiger partial charge >= 0.3 is 0 Å². The number of likely N-dealkylation sites (N-methyl/N-ethyl adjacent to an activating group) is 1. The van der Waals surface area contributed by atoms with E-state index in [4.69, 9.17) is 14.5 Å². The number of aromatic nitrogens is 5. The van der Waals surface area contributed by atoms with Gasteiger partial charge in [-0.2, -0.15) is 5.10 Å². The minimum atomic E-state index is -0.0691. The minimum Gasteiger partial charge on any atom is -0.493 e. The summed E-state index contributed by atoms with van der Waals surface area (Å²) in [5.41, 5.74) is 5.43. The minimum absolute atomic E-state index is 0.0555. The first kappa shape index (κ1) is 30.4. The van der Waals surface area contributed by atoms with E-state index in [2.05, 4.69) is 55.9 Å². The summed E-state index contributed by atoms with van der Waals surface area (Å²) in [4.78, 5) is 34.6. The Kier molecular flexibility index (Phi) is 8.27. The molecule has 0 bridgehead atoms. The topological polar surface area (TPSA) is 102 Å². The van der Waals surface area contributed by atoms with Crippen molar-refractivity contribution in [2.75, 3.05) is 58.9 Å². The lowest BCUT2D eigenvalue weighted by atomic mass is 9.68. The average molecular weight is 625 g/mol. The van der Waals surface area contributed by atoms with E-state index in [-0.39, 0.29) is 11.5 Å². The van der Waals surface area contributed by atoms with Gasteiger partial charge in [-0.25, -0.2) is 14.6 Å². The zero-order valence-electron chi connectivity index (χ0n) is 27.4. The van der Waals surface area contributed by atoms with Gasteiger partial charge in [0.2, 0.25) is 5.91 Å². The first-order valence-electron chi connectivity index (χ1n) is 16.6. The number of amides is 1. The summed E-state index contributed by atoms with van der Waals surface area (Å²) >= 11 is 0. The molecule has 0 N–H and O–H groups in total. The van der Waals surface area contributed by atoms with E-state index in [1.807, 2.05) is 29.1 Å². The van der Waals surface area contributed by atoms with Crippen LogP contribution in [-0.4, -0.2) is 94.4 Å². The number of rotatable bonds is 7. The van der Waals surface area contributed by atoms with Crippen molar-refractivity contribution in [1.82, 2.24) is 34.5 Å². The van der Waals surface area contributed by atoms with Crippen LogP contribution in [0, 0.1) is 5.92 Å². The van der Waals surface area contributed by atoms with Crippen LogP contribution in [0.5, 0.6) is 11.5 Å². The van der Waals surface area contributed by atoms with Crippen molar-refractivity contribution in [3.05, 3.63) is 65.4 Å². The molecule has 0 radical (unpaired) electrons. The van der Waals surface area contributed by atoms with Gasteiger partial charge in [0.05, 0.1) is 38.0 Å². The Balaban J connectivity index is 1.00. The molecule has 1 aliphatic carbocycles. The lowest BCUT2D eigenvalue weighted by molar-refractivity contribution is -0.138. The maximum Gasteiger partial charge on any atom is 0.225 e. The Morgan fingerprint density at radius 3 is 2.46 bits per heavy atom. The Morgan fingerprint density at radius 2 is 1.72 bits per heavy atom. The highest BCUT2D eigenvalue weighted by atomic mass is 16.5. The van der Waals surface area contributed by atoms with Gasteiger partial charge in [0, 0.05) is 49.9 Å². The lowest BCUT2D eigenvalue weighted by Crippen LogP contribution is -2.54. The van der Waals surface area contributed by atoms with E-state index < -0.39 is 0 Å². The SMILES string of the molecule is CCc1cccc(Cn2ncc3c(N4CCN(C(=O)[C@H]5CC[C@]6(CC5)c5cc(OC)c(OC)cc5CCN6C)CC4)ncnc32)n1. The van der Waals surface area contributed by atoms with Crippen LogP contribution in [-0.2, 0) is 29.7 Å². The van der Waals surface area contributed by atoms with E-state index in [1.54, 1.807) is 20.5 Å². The van der Waals surface area contributed by atoms with Gasteiger partial charge in [-0.15, -0.1) is 0 Å². The number of methoxy groups -OCH3 is 2. The number of benzene rings is 1. The molecule has 0 unspecified atom stereocenters. The highest BCUT2D eigenvalue weighted by Gasteiger charge is 2.46. The summed E-state index contributed by atoms with van der Waals surface area (Å²) in [6.45, 7) is 6.51. The smallest absolute Gasteiger partial charge is 0.225 e. The third-order valence-electron chi connectivity index (χ3n) is 10.6. The van der Waals surface area contributed by atoms with Crippen molar-refractivity contribution >= 4 is 22.8 Å². The Morgan fingerprint density at radius 1 is 0.978 bits per heavy atom. The summed E-state index contributed by atoms with van der Waals surface area (Å²) in [6, 6.07) is 10.4. The van der Waals surface area contributed by atoms with Crippen molar-refractivity contribution in [3.8, 4) is 11.5 Å². The number of carbonyl (C=O) groups excluding carboxylic acids is 1. The zero-order valence-corrected chi connectivity index (χ0v) is 27.4. The van der Waals surface area contributed by atoms with Gasteiger partial charge in [-0.1, -0.05) is 13.0 Å². The molecule has 3 aliphatic rings. The standard InChI is InChI=1S/C35H44N8O3/c1-5-26-7-6-8-27(39-26)22-43-33-28(21-38-43)32(36-23-37-33)41-15-17-42(18-16-41)34(44)24-9-12-35(13-10-24)29-20-31(46-4)30(45-3)19-25(29)11-14-40(35)2/h6-8,19-21,23-24H,5,9-18,22H2,1-4H3/t24-,35-. The first-order valence-corrected chi connectivity index (χ1v) is 16.6. The molecule has 1 amide bonds. The largest absolute Gasteiger partial charge is 0.493 e. The van der Waals surface area contributed by atoms with Crippen LogP contribution >= 0.6 is 0 Å². The molecular weight excluding hydrogens is 580 g/mol. The molecule has 1 saturated carbocycles. The summed E-state index contributed by atoms with van der Waals surface area (Å²) in [5.74, 6) is 2.79. The second kappa shape index (κ2) is 12.5. The maximum atomic E-state index is 13.8. The Hall–Kier alpha value is -4.25. The van der Waals surface area contributed by atoms with E-state index in [9.17, 15) is 4.79 Å². The second-order valence-electron chi connectivity index (χ2n) is 12.9. The number of carbonyl (C=O) groups is 1. The van der Waals surface area contributed by atoms with Gasteiger partial charge in [0.15, 0.2) is 17.1 Å². The van der Waals surface area contributed by atoms with Gasteiger partial charge < -0.3 is 19.3 Å². The van der Waals surface area contributed by atoms with Crippen LogP contribution in [0.15, 0.2) is 42.9 Å². The van der Waals surface area contributed by atoms with E-state index in [0.717, 1.165) is 97.9 Å². The van der Waals surface area contributed by atoms with Crippen molar-refractivity contribution in [1.29, 1.82) is 0 Å². The molecular formula is C35H44N8O3. The summed E-state index contributed by atoms with van der Waals surface area (Å²) in [7, 11) is 5.63. The number of piperazine rings is 1. The van der Waals surface area contributed by atoms with Gasteiger partial charge in [-0.05, 0) is 81.0 Å². The molecule has 1 aromatic carbocycles. The third-order valence-corrected chi connectivity index (χ3v) is 10.6. The highest BCUT2D eigenvalue weighted by molar-refractivity contribution is 5.87. The monoisotopic (exact) mass is 624 g/mol. The molecule has 242 valence electrons. The molecule has 11 heteroatoms. The first-order chi connectivity index (χ1) is 22.4. The Bertz CT molecular complexity index is 1720. The zero-order chi connectivity index (χ0) is 31.8. The van der Waals surface area contributed by atoms with E-state index >= 15 is 0 Å². The molecule has 1 spiro atoms. The number of aryl methyl sites for hydroxylation is 1. The predicted molar refractivity (Wildman–Crippen MR) is 176 cm³/mol. The number of fused-ring (bicyclic) bond motifs is 3. The normalized spacial score (nSPS) is 21.9. The number of anilines is 1. The summed E-state index contributed by atoms with van der Waals surface area (Å²) < 4.78 is 13.2. The molecule has 2 aliphatic heterocycles. The van der Waals surface area contributed by atoms with Crippen LogP contribution in [0.25, 0.3) is 11.0 Å². The molecule has 46 heavy (non-hydrogen) atoms. The summed E-state index contributed by atoms with van der Waals surface area (Å²) in [5, 5.41) is 5.57. The molecule has 0 atom stereocenters. The Labute approximate surface area is 270 Å². The maximum absolute atomic E-state index is 13.8. The molecule has 7 rings (SSSR count). The van der Waals surface area contributed by atoms with E-state index in [1.165, 1.54) is 11.1 Å². The van der Waals surface area contributed by atoms with Crippen molar-refractivity contribution in [3.63, 3.8) is 0 Å². The second-order valence-corrected chi connectivity index (χ2v) is 12.9. The summed E-state index contributed by atoms with van der Waals surface area (Å²) in [6.07, 6.45) is 9.06. The molecule has 2 fully saturated rings. The predicted octanol–water partition coefficient (Wildman–Crippen LogP) is 4.07. The van der Waals surface area contributed by atoms with Crippen molar-refractivity contribution in [2.24, 2.45) is 5.92 Å². The van der Waals surface area contributed by atoms with Crippen molar-refractivity contribution in [2.45, 2.75) is 57.5 Å². The average Bonchev–Trinajstić information content (AvgIpc) is 3.52. The molecule has 3 aromatic heterocycles. The van der Waals surface area contributed by atoms with Crippen LogP contribution in [0.1, 0.15) is 55.1 Å². The number of ether oxygens (including phenoxy) is 2.